The standard InChI is InChI=1S/C22H8Br2F12/c23-17-8-16(10-3-13(21(31,32)33)6-14(4-10)22(34,35)36)18(24)7-15(17)9-1-11(19(25,26)27)5-12(2-9)20(28,29)30/h1-8H. The van der Waals surface area contributed by atoms with Crippen LogP contribution in [0.5, 0.6) is 0 Å². The molecule has 0 amide bonds. The van der Waals surface area contributed by atoms with Crippen LogP contribution in [0.25, 0.3) is 22.3 Å². The Bertz CT molecular complexity index is 1130. The molecule has 0 saturated heterocycles. The van der Waals surface area contributed by atoms with Crippen molar-refractivity contribution in [3.8, 4) is 22.3 Å². The van der Waals surface area contributed by atoms with E-state index in [0.29, 0.717) is 24.3 Å². The van der Waals surface area contributed by atoms with Crippen LogP contribution in [0.4, 0.5) is 52.7 Å². The number of hydrogen-bond acceptors (Lipinski definition) is 0. The molecule has 3 rings (SSSR count). The Morgan fingerprint density at radius 2 is 0.583 bits per heavy atom. The fourth-order valence-electron chi connectivity index (χ4n) is 3.21. The van der Waals surface area contributed by atoms with Gasteiger partial charge >= 0.3 is 24.7 Å². The van der Waals surface area contributed by atoms with Crippen molar-refractivity contribution in [3.63, 3.8) is 0 Å². The molecule has 3 aromatic rings. The van der Waals surface area contributed by atoms with Gasteiger partial charge in [-0.15, -0.1) is 0 Å². The number of halogens is 14. The van der Waals surface area contributed by atoms with Crippen LogP contribution in [0.3, 0.4) is 0 Å². The molecule has 0 bridgehead atoms. The Balaban J connectivity index is 2.25. The molecule has 0 aliphatic heterocycles. The second-order valence-electron chi connectivity index (χ2n) is 7.40. The summed E-state index contributed by atoms with van der Waals surface area (Å²) >= 11 is 5.91. The summed E-state index contributed by atoms with van der Waals surface area (Å²) in [6.45, 7) is 0. The Kier molecular flexibility index (Phi) is 7.30. The molecule has 0 radical (unpaired) electrons. The predicted octanol–water partition coefficient (Wildman–Crippen LogP) is 10.6. The van der Waals surface area contributed by atoms with Gasteiger partial charge in [-0.2, -0.15) is 52.7 Å². The first kappa shape index (κ1) is 28.4. The van der Waals surface area contributed by atoms with Crippen molar-refractivity contribution in [2.75, 3.05) is 0 Å². The summed E-state index contributed by atoms with van der Waals surface area (Å²) in [5.41, 5.74) is -7.97. The largest absolute Gasteiger partial charge is 0.416 e. The van der Waals surface area contributed by atoms with Crippen molar-refractivity contribution in [1.82, 2.24) is 0 Å². The van der Waals surface area contributed by atoms with Gasteiger partial charge in [-0.25, -0.2) is 0 Å². The third kappa shape index (κ3) is 6.18. The van der Waals surface area contributed by atoms with Gasteiger partial charge in [0.1, 0.15) is 0 Å². The Morgan fingerprint density at radius 3 is 0.778 bits per heavy atom. The van der Waals surface area contributed by atoms with Crippen LogP contribution in [0.2, 0.25) is 0 Å². The first-order valence-corrected chi connectivity index (χ1v) is 10.9. The van der Waals surface area contributed by atoms with Crippen LogP contribution in [0, 0.1) is 0 Å². The van der Waals surface area contributed by atoms with Crippen molar-refractivity contribution in [2.24, 2.45) is 0 Å². The molecule has 0 unspecified atom stereocenters. The lowest BCUT2D eigenvalue weighted by atomic mass is 9.95. The molecule has 3 aromatic carbocycles. The first-order valence-electron chi connectivity index (χ1n) is 9.26. The number of benzene rings is 3. The quantitative estimate of drug-likeness (QED) is 0.240. The average Bonchev–Trinajstić information content (AvgIpc) is 2.72. The number of rotatable bonds is 2. The van der Waals surface area contributed by atoms with Crippen LogP contribution in [-0.4, -0.2) is 0 Å². The van der Waals surface area contributed by atoms with Gasteiger partial charge in [-0.3, -0.25) is 0 Å². The zero-order valence-corrected chi connectivity index (χ0v) is 20.1. The number of alkyl halides is 12. The highest BCUT2D eigenvalue weighted by Gasteiger charge is 2.38. The molecule has 194 valence electrons. The fraction of sp³-hybridized carbons (Fsp3) is 0.182. The van der Waals surface area contributed by atoms with E-state index in [1.165, 1.54) is 0 Å². The minimum atomic E-state index is -5.13. The highest BCUT2D eigenvalue weighted by Crippen LogP contribution is 2.44. The molecule has 0 fully saturated rings. The first-order chi connectivity index (χ1) is 16.2. The van der Waals surface area contributed by atoms with Gasteiger partial charge in [0.2, 0.25) is 0 Å². The zero-order chi connectivity index (χ0) is 27.4. The molecule has 36 heavy (non-hydrogen) atoms. The second-order valence-corrected chi connectivity index (χ2v) is 9.11. The molecule has 0 spiro atoms. The van der Waals surface area contributed by atoms with E-state index in [0.717, 1.165) is 12.1 Å². The third-order valence-electron chi connectivity index (χ3n) is 4.85. The van der Waals surface area contributed by atoms with Crippen molar-refractivity contribution in [3.05, 3.63) is 79.7 Å². The van der Waals surface area contributed by atoms with Gasteiger partial charge in [-0.05, 0) is 70.8 Å². The van der Waals surface area contributed by atoms with Crippen LogP contribution in [-0.2, 0) is 24.7 Å². The third-order valence-corrected chi connectivity index (χ3v) is 6.17. The van der Waals surface area contributed by atoms with E-state index in [-0.39, 0.29) is 32.2 Å². The normalized spacial score (nSPS) is 13.3. The second kappa shape index (κ2) is 9.26. The molecule has 0 saturated carbocycles. The topological polar surface area (TPSA) is 0 Å². The van der Waals surface area contributed by atoms with E-state index in [1.807, 2.05) is 0 Å². The maximum Gasteiger partial charge on any atom is 0.416 e. The van der Waals surface area contributed by atoms with Gasteiger partial charge in [0.05, 0.1) is 22.3 Å². The fourth-order valence-corrected chi connectivity index (χ4v) is 4.35. The summed E-state index contributed by atoms with van der Waals surface area (Å²) < 4.78 is 158. The Morgan fingerprint density at radius 1 is 0.361 bits per heavy atom. The van der Waals surface area contributed by atoms with Crippen LogP contribution < -0.4 is 0 Å². The molecule has 0 aliphatic rings. The summed E-state index contributed by atoms with van der Waals surface area (Å²) in [4.78, 5) is 0. The van der Waals surface area contributed by atoms with Gasteiger partial charge in [0.25, 0.3) is 0 Å². The van der Waals surface area contributed by atoms with E-state index >= 15 is 0 Å². The molecular weight excluding hydrogens is 652 g/mol. The van der Waals surface area contributed by atoms with Crippen molar-refractivity contribution < 1.29 is 52.7 Å². The minimum absolute atomic E-state index is 0.0812. The van der Waals surface area contributed by atoms with E-state index < -0.39 is 58.1 Å². The highest BCUT2D eigenvalue weighted by molar-refractivity contribution is 9.11. The SMILES string of the molecule is FC(F)(F)c1cc(-c2cc(Br)c(-c3cc(C(F)(F)F)cc(C(F)(F)F)c3)cc2Br)cc(C(F)(F)F)c1. The molecule has 14 heteroatoms. The lowest BCUT2D eigenvalue weighted by Gasteiger charge is -2.18. The Hall–Kier alpha value is -2.22. The van der Waals surface area contributed by atoms with E-state index in [1.54, 1.807) is 0 Å². The summed E-state index contributed by atoms with van der Waals surface area (Å²) in [6.07, 6.45) is -20.5. The van der Waals surface area contributed by atoms with Crippen LogP contribution in [0.15, 0.2) is 57.5 Å². The van der Waals surface area contributed by atoms with E-state index in [9.17, 15) is 52.7 Å². The summed E-state index contributed by atoms with van der Waals surface area (Å²) in [7, 11) is 0. The molecule has 0 N–H and O–H groups in total. The summed E-state index contributed by atoms with van der Waals surface area (Å²) in [5, 5.41) is 0. The summed E-state index contributed by atoms with van der Waals surface area (Å²) in [5.74, 6) is 0. The lowest BCUT2D eigenvalue weighted by Crippen LogP contribution is -2.11. The molecule has 0 nitrogen and oxygen atoms in total. The van der Waals surface area contributed by atoms with E-state index in [4.69, 9.17) is 0 Å². The summed E-state index contributed by atoms with van der Waals surface area (Å²) in [6, 6.07) is 3.57. The molecule has 0 atom stereocenters. The van der Waals surface area contributed by atoms with Crippen LogP contribution in [0.1, 0.15) is 22.3 Å². The maximum atomic E-state index is 13.2. The predicted molar refractivity (Wildman–Crippen MR) is 113 cm³/mol. The highest BCUT2D eigenvalue weighted by atomic mass is 79.9. The van der Waals surface area contributed by atoms with Crippen molar-refractivity contribution in [1.29, 1.82) is 0 Å². The van der Waals surface area contributed by atoms with Gasteiger partial charge < -0.3 is 0 Å². The van der Waals surface area contributed by atoms with Crippen molar-refractivity contribution >= 4 is 31.9 Å². The number of hydrogen-bond donors (Lipinski definition) is 0. The van der Waals surface area contributed by atoms with Gasteiger partial charge in [0.15, 0.2) is 0 Å². The molecule has 0 aliphatic carbocycles. The van der Waals surface area contributed by atoms with Gasteiger partial charge in [0, 0.05) is 8.95 Å². The Labute approximate surface area is 211 Å². The van der Waals surface area contributed by atoms with Crippen LogP contribution >= 0.6 is 31.9 Å². The average molecular weight is 660 g/mol. The molecule has 0 aromatic heterocycles. The van der Waals surface area contributed by atoms with Gasteiger partial charge in [-0.1, -0.05) is 31.9 Å². The molecular formula is C22H8Br2F12. The zero-order valence-electron chi connectivity index (χ0n) is 16.9. The van der Waals surface area contributed by atoms with Crippen molar-refractivity contribution in [2.45, 2.75) is 24.7 Å². The smallest absolute Gasteiger partial charge is 0.166 e. The lowest BCUT2D eigenvalue weighted by molar-refractivity contribution is -0.144. The van der Waals surface area contributed by atoms with E-state index in [2.05, 4.69) is 31.9 Å². The minimum Gasteiger partial charge on any atom is -0.166 e. The monoisotopic (exact) mass is 658 g/mol. The maximum absolute atomic E-state index is 13.2. The molecule has 0 heterocycles.